The van der Waals surface area contributed by atoms with Crippen LogP contribution in [-0.4, -0.2) is 34.4 Å². The molecular formula is C18H19N3O4S. The maximum absolute atomic E-state index is 12.4. The van der Waals surface area contributed by atoms with Crippen molar-refractivity contribution in [1.29, 1.82) is 0 Å². The fourth-order valence-corrected chi connectivity index (χ4v) is 3.65. The van der Waals surface area contributed by atoms with Gasteiger partial charge in [0.1, 0.15) is 5.01 Å². The average molecular weight is 373 g/mol. The summed E-state index contributed by atoms with van der Waals surface area (Å²) in [6.45, 7) is 4.45. The summed E-state index contributed by atoms with van der Waals surface area (Å²) in [7, 11) is 0. The highest BCUT2D eigenvalue weighted by molar-refractivity contribution is 7.09. The first-order valence-corrected chi connectivity index (χ1v) is 9.06. The molecule has 0 saturated carbocycles. The Kier molecular flexibility index (Phi) is 5.03. The normalized spacial score (nSPS) is 16.8. The summed E-state index contributed by atoms with van der Waals surface area (Å²) in [5.41, 5.74) is 2.94. The average Bonchev–Trinajstić information content (AvgIpc) is 3.22. The van der Waals surface area contributed by atoms with Gasteiger partial charge in [-0.15, -0.1) is 11.3 Å². The smallest absolute Gasteiger partial charge is 0.355 e. The van der Waals surface area contributed by atoms with E-state index in [4.69, 9.17) is 5.11 Å². The predicted molar refractivity (Wildman–Crippen MR) is 97.3 cm³/mol. The number of hydrogen-bond donors (Lipinski definition) is 2. The van der Waals surface area contributed by atoms with Gasteiger partial charge in [-0.05, 0) is 31.0 Å². The second-order valence-electron chi connectivity index (χ2n) is 6.27. The minimum absolute atomic E-state index is 0.0311. The van der Waals surface area contributed by atoms with Crippen LogP contribution in [0.5, 0.6) is 0 Å². The molecule has 1 fully saturated rings. The van der Waals surface area contributed by atoms with Crippen molar-refractivity contribution in [2.24, 2.45) is 5.92 Å². The third-order valence-electron chi connectivity index (χ3n) is 4.55. The van der Waals surface area contributed by atoms with Crippen LogP contribution in [0.4, 0.5) is 5.69 Å². The van der Waals surface area contributed by atoms with Crippen molar-refractivity contribution in [2.45, 2.75) is 26.8 Å². The molecule has 1 aliphatic heterocycles. The number of rotatable bonds is 5. The number of hydrogen-bond acceptors (Lipinski definition) is 5. The number of aryl methyl sites for hydroxylation is 1. The third kappa shape index (κ3) is 3.60. The van der Waals surface area contributed by atoms with Crippen LogP contribution >= 0.6 is 11.3 Å². The van der Waals surface area contributed by atoms with Crippen molar-refractivity contribution >= 4 is 34.8 Å². The minimum atomic E-state index is -1.09. The van der Waals surface area contributed by atoms with Crippen LogP contribution in [0.2, 0.25) is 0 Å². The predicted octanol–water partition coefficient (Wildman–Crippen LogP) is 2.13. The standard InChI is InChI=1S/C18H19N3O4S/c1-10-4-3-5-14(11(10)2)21-8-12(6-16(21)22)17(23)19-7-15-20-13(9-26-15)18(24)25/h3-5,9,12H,6-8H2,1-2H3,(H,19,23)(H,24,25)/t12-/m1/s1. The third-order valence-corrected chi connectivity index (χ3v) is 5.40. The van der Waals surface area contributed by atoms with E-state index in [-0.39, 0.29) is 30.5 Å². The molecule has 1 aliphatic rings. The van der Waals surface area contributed by atoms with Gasteiger partial charge >= 0.3 is 5.97 Å². The van der Waals surface area contributed by atoms with Gasteiger partial charge in [-0.2, -0.15) is 0 Å². The van der Waals surface area contributed by atoms with E-state index in [2.05, 4.69) is 10.3 Å². The number of nitrogens with one attached hydrogen (secondary N) is 1. The number of amides is 2. The Morgan fingerprint density at radius 3 is 2.85 bits per heavy atom. The zero-order valence-electron chi connectivity index (χ0n) is 14.5. The number of carboxylic acids is 1. The van der Waals surface area contributed by atoms with E-state index in [0.717, 1.165) is 16.8 Å². The lowest BCUT2D eigenvalue weighted by atomic mass is 10.1. The largest absolute Gasteiger partial charge is 0.476 e. The lowest BCUT2D eigenvalue weighted by molar-refractivity contribution is -0.126. The SMILES string of the molecule is Cc1cccc(N2C[C@H](C(=O)NCc3nc(C(=O)O)cs3)CC2=O)c1C. The van der Waals surface area contributed by atoms with E-state index in [9.17, 15) is 14.4 Å². The Morgan fingerprint density at radius 1 is 1.38 bits per heavy atom. The van der Waals surface area contributed by atoms with Crippen molar-refractivity contribution in [3.8, 4) is 0 Å². The highest BCUT2D eigenvalue weighted by Crippen LogP contribution is 2.29. The topological polar surface area (TPSA) is 99.6 Å². The molecule has 0 bridgehead atoms. The van der Waals surface area contributed by atoms with E-state index >= 15 is 0 Å². The molecule has 136 valence electrons. The van der Waals surface area contributed by atoms with Gasteiger partial charge in [0.05, 0.1) is 12.5 Å². The van der Waals surface area contributed by atoms with Crippen LogP contribution in [0.15, 0.2) is 23.6 Å². The summed E-state index contributed by atoms with van der Waals surface area (Å²) in [4.78, 5) is 41.2. The number of aromatic carboxylic acids is 1. The summed E-state index contributed by atoms with van der Waals surface area (Å²) in [5.74, 6) is -1.81. The van der Waals surface area contributed by atoms with Gasteiger partial charge in [0, 0.05) is 24.0 Å². The molecule has 1 aromatic heterocycles. The van der Waals surface area contributed by atoms with Crippen molar-refractivity contribution in [3.05, 3.63) is 45.4 Å². The molecule has 2 amide bonds. The first-order valence-electron chi connectivity index (χ1n) is 8.18. The van der Waals surface area contributed by atoms with Gasteiger partial charge in [-0.3, -0.25) is 9.59 Å². The van der Waals surface area contributed by atoms with Crippen molar-refractivity contribution < 1.29 is 19.5 Å². The molecule has 7 nitrogen and oxygen atoms in total. The number of carboxylic acid groups (broad SMARTS) is 1. The molecule has 2 heterocycles. The monoisotopic (exact) mass is 373 g/mol. The van der Waals surface area contributed by atoms with Crippen LogP contribution in [0, 0.1) is 19.8 Å². The summed E-state index contributed by atoms with van der Waals surface area (Å²) in [6.07, 6.45) is 0.164. The number of carbonyl (C=O) groups is 3. The lowest BCUT2D eigenvalue weighted by Gasteiger charge is -2.20. The van der Waals surface area contributed by atoms with Gasteiger partial charge in [0.2, 0.25) is 11.8 Å². The number of nitrogens with zero attached hydrogens (tertiary/aromatic N) is 2. The van der Waals surface area contributed by atoms with Crippen LogP contribution in [-0.2, 0) is 16.1 Å². The lowest BCUT2D eigenvalue weighted by Crippen LogP contribution is -2.32. The maximum atomic E-state index is 12.4. The number of benzene rings is 1. The molecule has 8 heteroatoms. The molecule has 1 aromatic carbocycles. The highest BCUT2D eigenvalue weighted by Gasteiger charge is 2.35. The van der Waals surface area contributed by atoms with E-state index in [1.807, 2.05) is 32.0 Å². The molecule has 0 spiro atoms. The van der Waals surface area contributed by atoms with Crippen molar-refractivity contribution in [3.63, 3.8) is 0 Å². The Morgan fingerprint density at radius 2 is 2.15 bits per heavy atom. The molecule has 0 unspecified atom stereocenters. The van der Waals surface area contributed by atoms with Gasteiger partial charge in [0.15, 0.2) is 5.69 Å². The zero-order chi connectivity index (χ0) is 18.8. The summed E-state index contributed by atoms with van der Waals surface area (Å²) in [5, 5.41) is 13.6. The van der Waals surface area contributed by atoms with Crippen LogP contribution in [0.25, 0.3) is 0 Å². The van der Waals surface area contributed by atoms with Crippen molar-refractivity contribution in [1.82, 2.24) is 10.3 Å². The first kappa shape index (κ1) is 18.1. The highest BCUT2D eigenvalue weighted by atomic mass is 32.1. The van der Waals surface area contributed by atoms with Crippen molar-refractivity contribution in [2.75, 3.05) is 11.4 Å². The molecular weight excluding hydrogens is 354 g/mol. The van der Waals surface area contributed by atoms with E-state index in [1.165, 1.54) is 16.7 Å². The Labute approximate surface area is 154 Å². The van der Waals surface area contributed by atoms with Gasteiger partial charge in [-0.1, -0.05) is 12.1 Å². The zero-order valence-corrected chi connectivity index (χ0v) is 15.3. The van der Waals surface area contributed by atoms with Crippen LogP contribution in [0.3, 0.4) is 0 Å². The van der Waals surface area contributed by atoms with E-state index in [1.54, 1.807) is 4.90 Å². The molecule has 1 atom stereocenters. The fourth-order valence-electron chi connectivity index (χ4n) is 2.94. The Hall–Kier alpha value is -2.74. The minimum Gasteiger partial charge on any atom is -0.476 e. The quantitative estimate of drug-likeness (QED) is 0.836. The molecule has 1 saturated heterocycles. The van der Waals surface area contributed by atoms with Gasteiger partial charge < -0.3 is 15.3 Å². The molecule has 26 heavy (non-hydrogen) atoms. The fraction of sp³-hybridized carbons (Fsp3) is 0.333. The molecule has 2 aromatic rings. The van der Waals surface area contributed by atoms with Gasteiger partial charge in [-0.25, -0.2) is 9.78 Å². The molecule has 0 aliphatic carbocycles. The maximum Gasteiger partial charge on any atom is 0.355 e. The molecule has 2 N–H and O–H groups in total. The first-order chi connectivity index (χ1) is 12.4. The number of aromatic nitrogens is 1. The summed E-state index contributed by atoms with van der Waals surface area (Å²) < 4.78 is 0. The number of carbonyl (C=O) groups excluding carboxylic acids is 2. The number of anilines is 1. The summed E-state index contributed by atoms with van der Waals surface area (Å²) in [6, 6.07) is 5.79. The summed E-state index contributed by atoms with van der Waals surface area (Å²) >= 11 is 1.18. The molecule has 0 radical (unpaired) electrons. The van der Waals surface area contributed by atoms with E-state index in [0.29, 0.717) is 11.6 Å². The second-order valence-corrected chi connectivity index (χ2v) is 7.22. The number of thiazole rings is 1. The second kappa shape index (κ2) is 7.25. The van der Waals surface area contributed by atoms with Crippen LogP contribution < -0.4 is 10.2 Å². The molecule has 3 rings (SSSR count). The Balaban J connectivity index is 1.63. The van der Waals surface area contributed by atoms with Gasteiger partial charge in [0.25, 0.3) is 0 Å². The Bertz CT molecular complexity index is 877. The van der Waals surface area contributed by atoms with Crippen LogP contribution in [0.1, 0.15) is 33.0 Å². The van der Waals surface area contributed by atoms with E-state index < -0.39 is 11.9 Å².